The van der Waals surface area contributed by atoms with E-state index in [9.17, 15) is 0 Å². The maximum Gasteiger partial charge on any atom is 0.159 e. The van der Waals surface area contributed by atoms with Gasteiger partial charge in [-0.3, -0.25) is 0 Å². The summed E-state index contributed by atoms with van der Waals surface area (Å²) in [5.74, 6) is 0. The number of hydrogen-bond acceptors (Lipinski definition) is 2. The molecule has 0 radical (unpaired) electrons. The van der Waals surface area contributed by atoms with Gasteiger partial charge >= 0.3 is 0 Å². The number of hydrogen-bond donors (Lipinski definition) is 0. The normalized spacial score (nSPS) is 11.2. The Labute approximate surface area is 202 Å². The summed E-state index contributed by atoms with van der Waals surface area (Å²) >= 11 is 5.39. The SMILES string of the molecule is CCCCCCCCCCCCCCCCCOC(=S)CCCCCCCCCCC. The molecule has 0 saturated heterocycles. The van der Waals surface area contributed by atoms with Crippen LogP contribution in [0.2, 0.25) is 0 Å². The van der Waals surface area contributed by atoms with Crippen LogP contribution in [-0.2, 0) is 4.74 Å². The average Bonchev–Trinajstić information content (AvgIpc) is 2.77. The summed E-state index contributed by atoms with van der Waals surface area (Å²) in [4.78, 5) is 0. The molecule has 0 rings (SSSR count). The van der Waals surface area contributed by atoms with E-state index >= 15 is 0 Å². The molecule has 0 aromatic heterocycles. The molecule has 0 saturated carbocycles. The predicted molar refractivity (Wildman–Crippen MR) is 145 cm³/mol. The summed E-state index contributed by atoms with van der Waals surface area (Å²) in [5.41, 5.74) is 0. The van der Waals surface area contributed by atoms with Crippen LogP contribution in [0, 0.1) is 0 Å². The Balaban J connectivity index is 3.12. The van der Waals surface area contributed by atoms with Gasteiger partial charge in [-0.1, -0.05) is 155 Å². The summed E-state index contributed by atoms with van der Waals surface area (Å²) in [6.07, 6.45) is 34.4. The van der Waals surface area contributed by atoms with Crippen molar-refractivity contribution < 1.29 is 4.74 Å². The van der Waals surface area contributed by atoms with Gasteiger partial charge < -0.3 is 4.74 Å². The highest BCUT2D eigenvalue weighted by Gasteiger charge is 1.99. The highest BCUT2D eigenvalue weighted by Crippen LogP contribution is 2.14. The zero-order valence-corrected chi connectivity index (χ0v) is 22.5. The lowest BCUT2D eigenvalue weighted by atomic mass is 10.0. The van der Waals surface area contributed by atoms with E-state index in [1.165, 1.54) is 154 Å². The van der Waals surface area contributed by atoms with E-state index < -0.39 is 0 Å². The van der Waals surface area contributed by atoms with Crippen LogP contribution < -0.4 is 0 Å². The standard InChI is InChI=1S/C29H58OS/c1-3-5-7-9-11-13-14-15-16-17-18-20-22-24-26-28-30-29(31)27-25-23-21-19-12-10-8-6-4-2/h3-28H2,1-2H3. The van der Waals surface area contributed by atoms with Crippen molar-refractivity contribution in [3.8, 4) is 0 Å². The van der Waals surface area contributed by atoms with Crippen LogP contribution in [0.4, 0.5) is 0 Å². The third-order valence-corrected chi connectivity index (χ3v) is 6.82. The van der Waals surface area contributed by atoms with Gasteiger partial charge in [0.2, 0.25) is 0 Å². The Morgan fingerprint density at radius 1 is 0.419 bits per heavy atom. The van der Waals surface area contributed by atoms with E-state index in [1.54, 1.807) is 0 Å². The Hall–Kier alpha value is -0.110. The van der Waals surface area contributed by atoms with Crippen molar-refractivity contribution in [1.29, 1.82) is 0 Å². The molecule has 0 N–H and O–H groups in total. The number of ether oxygens (including phenoxy) is 1. The Morgan fingerprint density at radius 3 is 1.06 bits per heavy atom. The third-order valence-electron chi connectivity index (χ3n) is 6.50. The molecule has 0 atom stereocenters. The molecule has 0 aliphatic rings. The van der Waals surface area contributed by atoms with E-state index in [0.29, 0.717) is 0 Å². The van der Waals surface area contributed by atoms with Crippen LogP contribution in [0.1, 0.15) is 174 Å². The molecule has 0 aromatic rings. The van der Waals surface area contributed by atoms with E-state index in [2.05, 4.69) is 13.8 Å². The molecule has 31 heavy (non-hydrogen) atoms. The fraction of sp³-hybridized carbons (Fsp3) is 0.966. The van der Waals surface area contributed by atoms with Crippen LogP contribution in [-0.4, -0.2) is 11.7 Å². The van der Waals surface area contributed by atoms with Gasteiger partial charge in [0.25, 0.3) is 0 Å². The van der Waals surface area contributed by atoms with Gasteiger partial charge in [0.15, 0.2) is 5.05 Å². The van der Waals surface area contributed by atoms with Crippen LogP contribution in [0.25, 0.3) is 0 Å². The summed E-state index contributed by atoms with van der Waals surface area (Å²) in [6.45, 7) is 5.42. The molecule has 0 aromatic carbocycles. The molecule has 1 nitrogen and oxygen atoms in total. The molecule has 0 fully saturated rings. The van der Waals surface area contributed by atoms with Crippen molar-refractivity contribution in [2.24, 2.45) is 0 Å². The third kappa shape index (κ3) is 27.9. The summed E-state index contributed by atoms with van der Waals surface area (Å²) < 4.78 is 5.76. The predicted octanol–water partition coefficient (Wildman–Crippen LogP) is 11.1. The van der Waals surface area contributed by atoms with Gasteiger partial charge in [-0.25, -0.2) is 0 Å². The lowest BCUT2D eigenvalue weighted by Crippen LogP contribution is -2.03. The highest BCUT2D eigenvalue weighted by molar-refractivity contribution is 7.80. The second-order valence-corrected chi connectivity index (χ2v) is 10.2. The molecule has 0 spiro atoms. The van der Waals surface area contributed by atoms with Crippen molar-refractivity contribution in [1.82, 2.24) is 0 Å². The van der Waals surface area contributed by atoms with Crippen molar-refractivity contribution in [2.45, 2.75) is 174 Å². The minimum atomic E-state index is 0.842. The molecule has 0 aliphatic heterocycles. The fourth-order valence-corrected chi connectivity index (χ4v) is 4.54. The number of thiocarbonyl (C=S) groups is 1. The van der Waals surface area contributed by atoms with Crippen molar-refractivity contribution in [2.75, 3.05) is 6.61 Å². The summed E-state index contributed by atoms with van der Waals surface area (Å²) in [7, 11) is 0. The van der Waals surface area contributed by atoms with Crippen LogP contribution in [0.3, 0.4) is 0 Å². The van der Waals surface area contributed by atoms with Crippen molar-refractivity contribution in [3.63, 3.8) is 0 Å². The van der Waals surface area contributed by atoms with Gasteiger partial charge in [0.05, 0.1) is 6.61 Å². The zero-order valence-electron chi connectivity index (χ0n) is 21.7. The molecule has 0 heterocycles. The van der Waals surface area contributed by atoms with Gasteiger partial charge in [-0.05, 0) is 25.1 Å². The van der Waals surface area contributed by atoms with Gasteiger partial charge in [0.1, 0.15) is 0 Å². The minimum absolute atomic E-state index is 0.842. The molecule has 0 unspecified atom stereocenters. The molecule has 0 amide bonds. The number of rotatable bonds is 26. The smallest absolute Gasteiger partial charge is 0.159 e. The van der Waals surface area contributed by atoms with Crippen LogP contribution in [0.5, 0.6) is 0 Å². The topological polar surface area (TPSA) is 9.23 Å². The minimum Gasteiger partial charge on any atom is -0.487 e. The maximum atomic E-state index is 5.76. The van der Waals surface area contributed by atoms with E-state index in [0.717, 1.165) is 18.1 Å². The Morgan fingerprint density at radius 2 is 0.710 bits per heavy atom. The van der Waals surface area contributed by atoms with Gasteiger partial charge in [-0.15, -0.1) is 0 Å². The maximum absolute atomic E-state index is 5.76. The molecule has 186 valence electrons. The molecule has 0 aliphatic carbocycles. The second kappa shape index (κ2) is 27.9. The van der Waals surface area contributed by atoms with E-state index in [4.69, 9.17) is 17.0 Å². The van der Waals surface area contributed by atoms with Crippen LogP contribution in [0.15, 0.2) is 0 Å². The largest absolute Gasteiger partial charge is 0.487 e. The first-order chi connectivity index (χ1) is 15.3. The summed E-state index contributed by atoms with van der Waals surface area (Å²) in [5, 5.41) is 0.855. The monoisotopic (exact) mass is 454 g/mol. The molecule has 0 bridgehead atoms. The van der Waals surface area contributed by atoms with Crippen molar-refractivity contribution >= 4 is 17.3 Å². The van der Waals surface area contributed by atoms with Crippen molar-refractivity contribution in [3.05, 3.63) is 0 Å². The van der Waals surface area contributed by atoms with E-state index in [1.807, 2.05) is 0 Å². The molecular weight excluding hydrogens is 396 g/mol. The average molecular weight is 455 g/mol. The Kier molecular flexibility index (Phi) is 27.8. The molecular formula is C29H58OS. The van der Waals surface area contributed by atoms with Gasteiger partial charge in [-0.2, -0.15) is 0 Å². The van der Waals surface area contributed by atoms with Crippen LogP contribution >= 0.6 is 12.2 Å². The van der Waals surface area contributed by atoms with E-state index in [-0.39, 0.29) is 0 Å². The lowest BCUT2D eigenvalue weighted by Gasteiger charge is -2.08. The number of unbranched alkanes of at least 4 members (excludes halogenated alkanes) is 22. The first-order valence-electron chi connectivity index (χ1n) is 14.5. The zero-order chi connectivity index (χ0) is 22.7. The fourth-order valence-electron chi connectivity index (χ4n) is 4.31. The lowest BCUT2D eigenvalue weighted by molar-refractivity contribution is 0.290. The quantitative estimate of drug-likeness (QED) is 0.0948. The summed E-state index contributed by atoms with van der Waals surface area (Å²) in [6, 6.07) is 0. The van der Waals surface area contributed by atoms with Gasteiger partial charge in [0, 0.05) is 6.42 Å². The second-order valence-electron chi connectivity index (χ2n) is 9.75. The first kappa shape index (κ1) is 30.9. The highest BCUT2D eigenvalue weighted by atomic mass is 32.1. The first-order valence-corrected chi connectivity index (χ1v) is 14.9. The Bertz CT molecular complexity index is 342. The molecule has 2 heteroatoms.